The molecule has 0 aliphatic rings. The van der Waals surface area contributed by atoms with Crippen molar-refractivity contribution in [2.24, 2.45) is 0 Å². The number of carbonyl (C=O) groups excluding carboxylic acids is 1. The highest BCUT2D eigenvalue weighted by Crippen LogP contribution is 2.20. The lowest BCUT2D eigenvalue weighted by Gasteiger charge is -2.05. The summed E-state index contributed by atoms with van der Waals surface area (Å²) in [6.45, 7) is 0.771. The molecule has 6 nitrogen and oxygen atoms in total. The number of benzene rings is 1. The minimum atomic E-state index is -0.152. The molecule has 0 saturated carbocycles. The third-order valence-electron chi connectivity index (χ3n) is 3.38. The monoisotopic (exact) mass is 326 g/mol. The van der Waals surface area contributed by atoms with Gasteiger partial charge in [-0.3, -0.25) is 4.79 Å². The Morgan fingerprint density at radius 3 is 2.79 bits per heavy atom. The second-order valence-electron chi connectivity index (χ2n) is 5.24. The fourth-order valence-electron chi connectivity index (χ4n) is 2.20. The number of nitrogens with one attached hydrogen (secondary N) is 1. The van der Waals surface area contributed by atoms with E-state index in [-0.39, 0.29) is 19.1 Å². The first-order chi connectivity index (χ1) is 11.8. The molecule has 0 bridgehead atoms. The second-order valence-corrected chi connectivity index (χ2v) is 5.24. The smallest absolute Gasteiger partial charge is 0.246 e. The number of ether oxygens (including phenoxy) is 1. The molecule has 1 aromatic carbocycles. The summed E-state index contributed by atoms with van der Waals surface area (Å²) in [7, 11) is 0. The molecule has 0 fully saturated rings. The zero-order valence-corrected chi connectivity index (χ0v) is 13.1. The van der Waals surface area contributed by atoms with Gasteiger partial charge in [0, 0.05) is 12.6 Å². The lowest BCUT2D eigenvalue weighted by atomic mass is 10.1. The molecule has 0 spiro atoms. The summed E-state index contributed by atoms with van der Waals surface area (Å²) in [5, 5.41) is 6.70. The first-order valence-electron chi connectivity index (χ1n) is 7.69. The Kier molecular flexibility index (Phi) is 5.42. The van der Waals surface area contributed by atoms with Crippen LogP contribution in [0.1, 0.15) is 11.3 Å². The summed E-state index contributed by atoms with van der Waals surface area (Å²) in [4.78, 5) is 11.7. The fraction of sp³-hybridized carbons (Fsp3) is 0.222. The maximum absolute atomic E-state index is 11.7. The van der Waals surface area contributed by atoms with E-state index in [9.17, 15) is 4.79 Å². The number of furan rings is 1. The van der Waals surface area contributed by atoms with Gasteiger partial charge >= 0.3 is 0 Å². The van der Waals surface area contributed by atoms with Gasteiger partial charge in [0.05, 0.1) is 12.9 Å². The number of amides is 1. The molecule has 24 heavy (non-hydrogen) atoms. The Hall–Kier alpha value is -2.86. The largest absolute Gasteiger partial charge is 0.461 e. The van der Waals surface area contributed by atoms with Crippen molar-refractivity contribution in [1.82, 2.24) is 10.5 Å². The van der Waals surface area contributed by atoms with Crippen molar-refractivity contribution < 1.29 is 18.5 Å². The van der Waals surface area contributed by atoms with Gasteiger partial charge in [-0.05, 0) is 24.1 Å². The summed E-state index contributed by atoms with van der Waals surface area (Å²) in [5.41, 5.74) is 1.80. The van der Waals surface area contributed by atoms with Gasteiger partial charge in [0.15, 0.2) is 5.76 Å². The number of rotatable bonds is 8. The molecule has 3 aromatic rings. The van der Waals surface area contributed by atoms with Crippen LogP contribution in [-0.2, 0) is 22.6 Å². The normalized spacial score (nSPS) is 10.7. The highest BCUT2D eigenvalue weighted by atomic mass is 16.5. The molecule has 0 aliphatic carbocycles. The molecule has 0 unspecified atom stereocenters. The summed E-state index contributed by atoms with van der Waals surface area (Å²) in [6, 6.07) is 15.3. The minimum absolute atomic E-state index is 0.0161. The molecule has 2 heterocycles. The maximum atomic E-state index is 11.7. The van der Waals surface area contributed by atoms with Crippen LogP contribution in [0.5, 0.6) is 0 Å². The van der Waals surface area contributed by atoms with Crippen molar-refractivity contribution in [2.45, 2.75) is 13.0 Å². The van der Waals surface area contributed by atoms with E-state index in [0.717, 1.165) is 6.42 Å². The van der Waals surface area contributed by atoms with Gasteiger partial charge in [0.25, 0.3) is 0 Å². The summed E-state index contributed by atoms with van der Waals surface area (Å²) in [5.74, 6) is 0.985. The predicted octanol–water partition coefficient (Wildman–Crippen LogP) is 2.81. The van der Waals surface area contributed by atoms with E-state index >= 15 is 0 Å². The average Bonchev–Trinajstić information content (AvgIpc) is 3.27. The topological polar surface area (TPSA) is 77.5 Å². The first kappa shape index (κ1) is 16.0. The van der Waals surface area contributed by atoms with Gasteiger partial charge in [-0.2, -0.15) is 0 Å². The predicted molar refractivity (Wildman–Crippen MR) is 87.0 cm³/mol. The van der Waals surface area contributed by atoms with Crippen molar-refractivity contribution in [3.8, 4) is 11.5 Å². The molecule has 124 valence electrons. The van der Waals surface area contributed by atoms with Crippen LogP contribution >= 0.6 is 0 Å². The van der Waals surface area contributed by atoms with E-state index in [1.165, 1.54) is 5.56 Å². The Morgan fingerprint density at radius 2 is 2.00 bits per heavy atom. The van der Waals surface area contributed by atoms with Crippen LogP contribution < -0.4 is 5.32 Å². The molecular formula is C18H18N2O4. The number of hydrogen-bond acceptors (Lipinski definition) is 5. The molecular weight excluding hydrogens is 308 g/mol. The molecule has 6 heteroatoms. The zero-order valence-electron chi connectivity index (χ0n) is 13.1. The van der Waals surface area contributed by atoms with Gasteiger partial charge < -0.3 is 19.0 Å². The highest BCUT2D eigenvalue weighted by Gasteiger charge is 2.09. The van der Waals surface area contributed by atoms with Gasteiger partial charge in [-0.1, -0.05) is 35.5 Å². The van der Waals surface area contributed by atoms with E-state index in [4.69, 9.17) is 13.7 Å². The SMILES string of the molecule is O=C(COCc1cc(-c2ccco2)on1)NCCc1ccccc1. The van der Waals surface area contributed by atoms with Crippen LogP contribution in [0.3, 0.4) is 0 Å². The molecule has 0 radical (unpaired) electrons. The molecule has 1 N–H and O–H groups in total. The zero-order chi connectivity index (χ0) is 16.6. The van der Waals surface area contributed by atoms with Crippen LogP contribution in [0.2, 0.25) is 0 Å². The third kappa shape index (κ3) is 4.57. The second kappa shape index (κ2) is 8.12. The van der Waals surface area contributed by atoms with E-state index in [0.29, 0.717) is 23.8 Å². The Morgan fingerprint density at radius 1 is 1.12 bits per heavy atom. The number of hydrogen-bond donors (Lipinski definition) is 1. The standard InChI is InChI=1S/C18H18N2O4/c21-18(19-9-8-14-5-2-1-3-6-14)13-22-12-15-11-17(24-20-15)16-7-4-10-23-16/h1-7,10-11H,8-9,12-13H2,(H,19,21). The van der Waals surface area contributed by atoms with Crippen molar-refractivity contribution in [1.29, 1.82) is 0 Å². The average molecular weight is 326 g/mol. The van der Waals surface area contributed by atoms with Crippen LogP contribution in [0.15, 0.2) is 63.7 Å². The van der Waals surface area contributed by atoms with Crippen LogP contribution in [0, 0.1) is 0 Å². The first-order valence-corrected chi connectivity index (χ1v) is 7.69. The van der Waals surface area contributed by atoms with E-state index in [1.54, 1.807) is 24.5 Å². The van der Waals surface area contributed by atoms with Gasteiger partial charge in [-0.15, -0.1) is 0 Å². The van der Waals surface area contributed by atoms with Crippen molar-refractivity contribution in [3.05, 3.63) is 66.1 Å². The highest BCUT2D eigenvalue weighted by molar-refractivity contribution is 5.77. The molecule has 2 aromatic heterocycles. The number of carbonyl (C=O) groups is 1. The van der Waals surface area contributed by atoms with Crippen molar-refractivity contribution >= 4 is 5.91 Å². The van der Waals surface area contributed by atoms with E-state index < -0.39 is 0 Å². The van der Waals surface area contributed by atoms with Crippen LogP contribution in [0.25, 0.3) is 11.5 Å². The van der Waals surface area contributed by atoms with Crippen molar-refractivity contribution in [2.75, 3.05) is 13.2 Å². The minimum Gasteiger partial charge on any atom is -0.461 e. The summed E-state index contributed by atoms with van der Waals surface area (Å²) >= 11 is 0. The van der Waals surface area contributed by atoms with E-state index in [2.05, 4.69) is 10.5 Å². The lowest BCUT2D eigenvalue weighted by Crippen LogP contribution is -2.29. The maximum Gasteiger partial charge on any atom is 0.246 e. The van der Waals surface area contributed by atoms with Gasteiger partial charge in [0.2, 0.25) is 11.7 Å². The van der Waals surface area contributed by atoms with Crippen molar-refractivity contribution in [3.63, 3.8) is 0 Å². The van der Waals surface area contributed by atoms with Crippen LogP contribution in [-0.4, -0.2) is 24.2 Å². The van der Waals surface area contributed by atoms with Gasteiger partial charge in [0.1, 0.15) is 12.3 Å². The summed E-state index contributed by atoms with van der Waals surface area (Å²) < 4.78 is 15.7. The number of aromatic nitrogens is 1. The third-order valence-corrected chi connectivity index (χ3v) is 3.38. The Bertz CT molecular complexity index is 750. The van der Waals surface area contributed by atoms with Crippen LogP contribution in [0.4, 0.5) is 0 Å². The number of nitrogens with zero attached hydrogens (tertiary/aromatic N) is 1. The molecule has 0 atom stereocenters. The summed E-state index contributed by atoms with van der Waals surface area (Å²) in [6.07, 6.45) is 2.36. The molecule has 1 amide bonds. The Balaban J connectivity index is 1.35. The molecule has 0 saturated heterocycles. The van der Waals surface area contributed by atoms with E-state index in [1.807, 2.05) is 30.3 Å². The fourth-order valence-corrected chi connectivity index (χ4v) is 2.20. The Labute approximate surface area is 139 Å². The molecule has 3 rings (SSSR count). The van der Waals surface area contributed by atoms with Gasteiger partial charge in [-0.25, -0.2) is 0 Å². The lowest BCUT2D eigenvalue weighted by molar-refractivity contribution is -0.126. The molecule has 0 aliphatic heterocycles. The quantitative estimate of drug-likeness (QED) is 0.689.